The fraction of sp³-hybridized carbons (Fsp3) is 0.389. The molecule has 0 bridgehead atoms. The normalized spacial score (nSPS) is 12.0. The van der Waals surface area contributed by atoms with E-state index in [2.05, 4.69) is 5.32 Å². The number of hydrogen-bond acceptors (Lipinski definition) is 3. The molecule has 0 aliphatic heterocycles. The first-order valence-corrected chi connectivity index (χ1v) is 7.60. The molecule has 2 rings (SSSR count). The van der Waals surface area contributed by atoms with Crippen LogP contribution in [0.5, 0.6) is 5.75 Å². The van der Waals surface area contributed by atoms with Crippen molar-refractivity contribution < 1.29 is 13.9 Å². The van der Waals surface area contributed by atoms with Crippen LogP contribution >= 0.6 is 0 Å². The van der Waals surface area contributed by atoms with Gasteiger partial charge >= 0.3 is 0 Å². The maximum absolute atomic E-state index is 12.0. The minimum Gasteiger partial charge on any atom is -0.481 e. The summed E-state index contributed by atoms with van der Waals surface area (Å²) in [5, 5.41) is 2.89. The topological polar surface area (TPSA) is 51.5 Å². The second-order valence-corrected chi connectivity index (χ2v) is 5.50. The maximum Gasteiger partial charge on any atom is 0.260 e. The average Bonchev–Trinajstić information content (AvgIpc) is 2.99. The van der Waals surface area contributed by atoms with Crippen LogP contribution in [0.4, 0.5) is 0 Å². The summed E-state index contributed by atoms with van der Waals surface area (Å²) in [6.45, 7) is 6.39. The fourth-order valence-corrected chi connectivity index (χ4v) is 2.25. The van der Waals surface area contributed by atoms with Crippen molar-refractivity contribution in [1.82, 2.24) is 5.32 Å². The molecule has 4 nitrogen and oxygen atoms in total. The predicted molar refractivity (Wildman–Crippen MR) is 86.0 cm³/mol. The molecule has 0 fully saturated rings. The molecule has 0 saturated heterocycles. The van der Waals surface area contributed by atoms with E-state index in [1.807, 2.05) is 44.2 Å². The third-order valence-electron chi connectivity index (χ3n) is 3.48. The molecule has 0 aliphatic rings. The summed E-state index contributed by atoms with van der Waals surface area (Å²) in [7, 11) is 0. The molecule has 1 heterocycles. The van der Waals surface area contributed by atoms with E-state index in [1.54, 1.807) is 13.2 Å². The molecule has 1 N–H and O–H groups in total. The van der Waals surface area contributed by atoms with Gasteiger partial charge < -0.3 is 14.5 Å². The molecule has 1 amide bonds. The van der Waals surface area contributed by atoms with E-state index in [4.69, 9.17) is 9.15 Å². The van der Waals surface area contributed by atoms with Gasteiger partial charge in [-0.3, -0.25) is 4.79 Å². The zero-order valence-electron chi connectivity index (χ0n) is 13.4. The Hall–Kier alpha value is -2.23. The van der Waals surface area contributed by atoms with Crippen LogP contribution in [0.25, 0.3) is 0 Å². The average molecular weight is 301 g/mol. The van der Waals surface area contributed by atoms with Gasteiger partial charge in [0, 0.05) is 13.0 Å². The Morgan fingerprint density at radius 3 is 2.82 bits per heavy atom. The summed E-state index contributed by atoms with van der Waals surface area (Å²) in [4.78, 5) is 12.0. The summed E-state index contributed by atoms with van der Waals surface area (Å²) in [5.41, 5.74) is 2.22. The molecular weight excluding hydrogens is 278 g/mol. The highest BCUT2D eigenvalue weighted by Crippen LogP contribution is 2.20. The van der Waals surface area contributed by atoms with E-state index in [1.165, 1.54) is 5.56 Å². The van der Waals surface area contributed by atoms with Crippen LogP contribution in [0.3, 0.4) is 0 Å². The number of aryl methyl sites for hydroxylation is 3. The summed E-state index contributed by atoms with van der Waals surface area (Å²) in [6, 6.07) is 9.74. The molecule has 0 radical (unpaired) electrons. The highest BCUT2D eigenvalue weighted by Gasteiger charge is 2.15. The molecule has 1 unspecified atom stereocenters. The molecule has 1 aromatic carbocycles. The summed E-state index contributed by atoms with van der Waals surface area (Å²) < 4.78 is 11.0. The number of carbonyl (C=O) groups excluding carboxylic acids is 1. The quantitative estimate of drug-likeness (QED) is 0.797. The second kappa shape index (κ2) is 7.69. The molecule has 1 atom stereocenters. The minimum atomic E-state index is -0.509. The maximum atomic E-state index is 12.0. The molecule has 1 aromatic heterocycles. The van der Waals surface area contributed by atoms with Crippen molar-refractivity contribution in [3.05, 3.63) is 53.5 Å². The smallest absolute Gasteiger partial charge is 0.260 e. The third-order valence-corrected chi connectivity index (χ3v) is 3.48. The van der Waals surface area contributed by atoms with Gasteiger partial charge in [-0.15, -0.1) is 0 Å². The van der Waals surface area contributed by atoms with E-state index in [-0.39, 0.29) is 5.91 Å². The van der Waals surface area contributed by atoms with Crippen molar-refractivity contribution in [2.75, 3.05) is 6.54 Å². The van der Waals surface area contributed by atoms with Crippen molar-refractivity contribution >= 4 is 5.91 Å². The minimum absolute atomic E-state index is 0.0978. The summed E-state index contributed by atoms with van der Waals surface area (Å²) in [6.07, 6.45) is 2.81. The van der Waals surface area contributed by atoms with Gasteiger partial charge in [0.15, 0.2) is 6.10 Å². The first-order chi connectivity index (χ1) is 10.6. The number of hydrogen-bond donors (Lipinski definition) is 1. The molecule has 2 aromatic rings. The fourth-order valence-electron chi connectivity index (χ4n) is 2.25. The first kappa shape index (κ1) is 16.1. The molecule has 0 spiro atoms. The number of benzene rings is 1. The molecular formula is C18H23NO3. The number of carbonyl (C=O) groups is 1. The summed E-state index contributed by atoms with van der Waals surface area (Å²) >= 11 is 0. The molecule has 0 aliphatic carbocycles. The van der Waals surface area contributed by atoms with E-state index >= 15 is 0 Å². The Bertz CT molecular complexity index is 605. The Morgan fingerprint density at radius 2 is 2.14 bits per heavy atom. The lowest BCUT2D eigenvalue weighted by atomic mass is 10.1. The Balaban J connectivity index is 1.74. The van der Waals surface area contributed by atoms with Gasteiger partial charge in [-0.25, -0.2) is 0 Å². The largest absolute Gasteiger partial charge is 0.481 e. The van der Waals surface area contributed by atoms with Crippen LogP contribution in [0.1, 0.15) is 30.2 Å². The zero-order chi connectivity index (χ0) is 15.9. The highest BCUT2D eigenvalue weighted by atomic mass is 16.5. The van der Waals surface area contributed by atoms with Crippen LogP contribution < -0.4 is 10.1 Å². The van der Waals surface area contributed by atoms with Crippen molar-refractivity contribution in [2.24, 2.45) is 0 Å². The Kier molecular flexibility index (Phi) is 5.64. The van der Waals surface area contributed by atoms with Gasteiger partial charge in [-0.1, -0.05) is 17.7 Å². The SMILES string of the molecule is Cc1ccc(OC(C)C(=O)NCCCc2ccco2)c(C)c1. The van der Waals surface area contributed by atoms with Crippen molar-refractivity contribution in [3.63, 3.8) is 0 Å². The zero-order valence-corrected chi connectivity index (χ0v) is 13.4. The molecule has 22 heavy (non-hydrogen) atoms. The van der Waals surface area contributed by atoms with Gasteiger partial charge in [0.05, 0.1) is 6.26 Å². The lowest BCUT2D eigenvalue weighted by molar-refractivity contribution is -0.127. The number of amides is 1. The van der Waals surface area contributed by atoms with Crippen molar-refractivity contribution in [3.8, 4) is 5.75 Å². The molecule has 118 valence electrons. The van der Waals surface area contributed by atoms with E-state index in [0.717, 1.165) is 29.9 Å². The molecule has 4 heteroatoms. The van der Waals surface area contributed by atoms with Crippen LogP contribution in [0, 0.1) is 13.8 Å². The lowest BCUT2D eigenvalue weighted by Gasteiger charge is -2.16. The first-order valence-electron chi connectivity index (χ1n) is 7.60. The van der Waals surface area contributed by atoms with Crippen LogP contribution in [0.2, 0.25) is 0 Å². The standard InChI is InChI=1S/C18H23NO3/c1-13-8-9-17(14(2)12-13)22-15(3)18(20)19-10-4-6-16-7-5-11-21-16/h5,7-9,11-12,15H,4,6,10H2,1-3H3,(H,19,20). The number of ether oxygens (including phenoxy) is 1. The number of furan rings is 1. The Morgan fingerprint density at radius 1 is 1.32 bits per heavy atom. The van der Waals surface area contributed by atoms with E-state index < -0.39 is 6.10 Å². The van der Waals surface area contributed by atoms with Gasteiger partial charge in [0.25, 0.3) is 5.91 Å². The third kappa shape index (κ3) is 4.65. The highest BCUT2D eigenvalue weighted by molar-refractivity contribution is 5.80. The predicted octanol–water partition coefficient (Wildman–Crippen LogP) is 3.41. The molecule has 0 saturated carbocycles. The van der Waals surface area contributed by atoms with Gasteiger partial charge in [0.1, 0.15) is 11.5 Å². The lowest BCUT2D eigenvalue weighted by Crippen LogP contribution is -2.37. The second-order valence-electron chi connectivity index (χ2n) is 5.50. The van der Waals surface area contributed by atoms with Gasteiger partial charge in [0.2, 0.25) is 0 Å². The number of nitrogens with one attached hydrogen (secondary N) is 1. The summed E-state index contributed by atoms with van der Waals surface area (Å²) in [5.74, 6) is 1.59. The van der Waals surface area contributed by atoms with E-state index in [9.17, 15) is 4.79 Å². The monoisotopic (exact) mass is 301 g/mol. The van der Waals surface area contributed by atoms with Crippen LogP contribution in [0.15, 0.2) is 41.0 Å². The van der Waals surface area contributed by atoms with Gasteiger partial charge in [-0.2, -0.15) is 0 Å². The van der Waals surface area contributed by atoms with E-state index in [0.29, 0.717) is 6.54 Å². The van der Waals surface area contributed by atoms with Crippen molar-refractivity contribution in [2.45, 2.75) is 39.7 Å². The van der Waals surface area contributed by atoms with Gasteiger partial charge in [-0.05, 0) is 51.0 Å². The Labute approximate surface area is 131 Å². The van der Waals surface area contributed by atoms with Crippen LogP contribution in [-0.2, 0) is 11.2 Å². The van der Waals surface area contributed by atoms with Crippen LogP contribution in [-0.4, -0.2) is 18.6 Å². The number of rotatable bonds is 7. The van der Waals surface area contributed by atoms with Crippen molar-refractivity contribution in [1.29, 1.82) is 0 Å².